The normalized spacial score (nSPS) is 16.1. The van der Waals surface area contributed by atoms with Crippen LogP contribution in [0, 0.1) is 0 Å². The third-order valence-electron chi connectivity index (χ3n) is 3.98. The molecule has 0 aromatic carbocycles. The summed E-state index contributed by atoms with van der Waals surface area (Å²) in [5.41, 5.74) is 0.966. The van der Waals surface area contributed by atoms with E-state index in [4.69, 9.17) is 0 Å². The van der Waals surface area contributed by atoms with Gasteiger partial charge in [0, 0.05) is 32.0 Å². The van der Waals surface area contributed by atoms with Crippen LogP contribution in [0.1, 0.15) is 65.2 Å². The Balaban J connectivity index is 2.30. The fourth-order valence-electron chi connectivity index (χ4n) is 2.80. The predicted molar refractivity (Wildman–Crippen MR) is 85.9 cm³/mol. The van der Waals surface area contributed by atoms with Crippen LogP contribution in [0.2, 0.25) is 0 Å². The minimum Gasteiger partial charge on any atom is -0.353 e. The minimum atomic E-state index is 0.0154. The molecule has 1 fully saturated rings. The van der Waals surface area contributed by atoms with E-state index < -0.39 is 0 Å². The highest BCUT2D eigenvalue weighted by molar-refractivity contribution is 5.84. The van der Waals surface area contributed by atoms with Gasteiger partial charge in [-0.15, -0.1) is 0 Å². The quantitative estimate of drug-likeness (QED) is 0.579. The zero-order valence-electron chi connectivity index (χ0n) is 13.6. The van der Waals surface area contributed by atoms with Gasteiger partial charge in [-0.05, 0) is 26.7 Å². The summed E-state index contributed by atoms with van der Waals surface area (Å²) in [6, 6.07) is 0.313. The van der Waals surface area contributed by atoms with Crippen molar-refractivity contribution in [3.05, 3.63) is 12.2 Å². The predicted octanol–water partition coefficient (Wildman–Crippen LogP) is 3.03. The summed E-state index contributed by atoms with van der Waals surface area (Å²) in [5.74, 6) is 0.0538. The van der Waals surface area contributed by atoms with Crippen LogP contribution in [0.4, 0.5) is 0 Å². The van der Waals surface area contributed by atoms with Crippen molar-refractivity contribution >= 4 is 11.8 Å². The number of rotatable bonds is 7. The topological polar surface area (TPSA) is 49.4 Å². The number of likely N-dealkylation sites (N-methyl/N-ethyl adjacent to an activating group) is 1. The fourth-order valence-corrected chi connectivity index (χ4v) is 2.80. The average Bonchev–Trinajstić information content (AvgIpc) is 2.70. The second-order valence-corrected chi connectivity index (χ2v) is 6.12. The summed E-state index contributed by atoms with van der Waals surface area (Å²) >= 11 is 0. The van der Waals surface area contributed by atoms with Gasteiger partial charge in [0.25, 0.3) is 0 Å². The summed E-state index contributed by atoms with van der Waals surface area (Å²) in [6.45, 7) is 8.94. The Morgan fingerprint density at radius 3 is 2.29 bits per heavy atom. The molecule has 4 nitrogen and oxygen atoms in total. The molecule has 0 radical (unpaired) electrons. The molecule has 1 saturated carbocycles. The molecular formula is C17H30N2O2. The van der Waals surface area contributed by atoms with Crippen molar-refractivity contribution in [3.63, 3.8) is 0 Å². The standard InChI is InChI=1S/C17H30N2O2/c1-4-19(13-14(2)3)17(21)12-11-16(20)18-15-9-7-5-6-8-10-15/h15H,2,4-13H2,1,3H3,(H,18,20). The Morgan fingerprint density at radius 2 is 1.76 bits per heavy atom. The van der Waals surface area contributed by atoms with Crippen LogP contribution < -0.4 is 5.32 Å². The molecule has 0 aromatic heterocycles. The van der Waals surface area contributed by atoms with E-state index in [1.165, 1.54) is 25.7 Å². The molecule has 0 saturated heterocycles. The molecule has 0 atom stereocenters. The van der Waals surface area contributed by atoms with Crippen molar-refractivity contribution < 1.29 is 9.59 Å². The van der Waals surface area contributed by atoms with Crippen molar-refractivity contribution in [1.29, 1.82) is 0 Å². The fraction of sp³-hybridized carbons (Fsp3) is 0.765. The third kappa shape index (κ3) is 7.30. The first-order valence-corrected chi connectivity index (χ1v) is 8.24. The van der Waals surface area contributed by atoms with Crippen molar-refractivity contribution in [2.24, 2.45) is 0 Å². The molecule has 1 rings (SSSR count). The van der Waals surface area contributed by atoms with E-state index in [0.717, 1.165) is 18.4 Å². The van der Waals surface area contributed by atoms with Gasteiger partial charge in [-0.3, -0.25) is 9.59 Å². The molecular weight excluding hydrogens is 264 g/mol. The molecule has 0 aliphatic heterocycles. The van der Waals surface area contributed by atoms with Crippen LogP contribution in [-0.4, -0.2) is 35.8 Å². The lowest BCUT2D eigenvalue weighted by molar-refractivity contribution is -0.133. The molecule has 1 aliphatic carbocycles. The van der Waals surface area contributed by atoms with Crippen molar-refractivity contribution in [1.82, 2.24) is 10.2 Å². The van der Waals surface area contributed by atoms with Crippen LogP contribution in [0.25, 0.3) is 0 Å². The lowest BCUT2D eigenvalue weighted by atomic mass is 10.1. The number of nitrogens with zero attached hydrogens (tertiary/aromatic N) is 1. The molecule has 1 aliphatic rings. The van der Waals surface area contributed by atoms with E-state index in [-0.39, 0.29) is 11.8 Å². The van der Waals surface area contributed by atoms with Crippen LogP contribution in [0.3, 0.4) is 0 Å². The van der Waals surface area contributed by atoms with Gasteiger partial charge in [0.15, 0.2) is 0 Å². The molecule has 0 aromatic rings. The van der Waals surface area contributed by atoms with E-state index in [9.17, 15) is 9.59 Å². The second-order valence-electron chi connectivity index (χ2n) is 6.12. The van der Waals surface area contributed by atoms with E-state index in [2.05, 4.69) is 11.9 Å². The van der Waals surface area contributed by atoms with Gasteiger partial charge in [0.1, 0.15) is 0 Å². The smallest absolute Gasteiger partial charge is 0.223 e. The highest BCUT2D eigenvalue weighted by Gasteiger charge is 2.17. The van der Waals surface area contributed by atoms with Gasteiger partial charge in [-0.25, -0.2) is 0 Å². The Morgan fingerprint density at radius 1 is 1.14 bits per heavy atom. The van der Waals surface area contributed by atoms with Crippen molar-refractivity contribution in [3.8, 4) is 0 Å². The van der Waals surface area contributed by atoms with E-state index in [1.54, 1.807) is 4.90 Å². The van der Waals surface area contributed by atoms with Gasteiger partial charge >= 0.3 is 0 Å². The number of amides is 2. The van der Waals surface area contributed by atoms with Crippen molar-refractivity contribution in [2.45, 2.75) is 71.3 Å². The first-order valence-electron chi connectivity index (χ1n) is 8.24. The summed E-state index contributed by atoms with van der Waals surface area (Å²) in [6.07, 6.45) is 7.70. The van der Waals surface area contributed by atoms with E-state index in [0.29, 0.717) is 32.0 Å². The third-order valence-corrected chi connectivity index (χ3v) is 3.98. The summed E-state index contributed by atoms with van der Waals surface area (Å²) in [5, 5.41) is 3.08. The summed E-state index contributed by atoms with van der Waals surface area (Å²) in [7, 11) is 0. The molecule has 0 heterocycles. The van der Waals surface area contributed by atoms with Gasteiger partial charge in [0.2, 0.25) is 11.8 Å². The maximum absolute atomic E-state index is 12.1. The molecule has 0 spiro atoms. The van der Waals surface area contributed by atoms with E-state index in [1.807, 2.05) is 13.8 Å². The largest absolute Gasteiger partial charge is 0.353 e. The van der Waals surface area contributed by atoms with Gasteiger partial charge in [-0.2, -0.15) is 0 Å². The van der Waals surface area contributed by atoms with Crippen molar-refractivity contribution in [2.75, 3.05) is 13.1 Å². The number of carbonyl (C=O) groups is 2. The zero-order chi connectivity index (χ0) is 15.7. The maximum Gasteiger partial charge on any atom is 0.223 e. The average molecular weight is 294 g/mol. The molecule has 2 amide bonds. The van der Waals surface area contributed by atoms with E-state index >= 15 is 0 Å². The highest BCUT2D eigenvalue weighted by Crippen LogP contribution is 2.17. The molecule has 0 unspecified atom stereocenters. The lowest BCUT2D eigenvalue weighted by Gasteiger charge is -2.21. The Kier molecular flexibility index (Phi) is 8.09. The molecule has 0 bridgehead atoms. The molecule has 21 heavy (non-hydrogen) atoms. The number of nitrogens with one attached hydrogen (secondary N) is 1. The number of carbonyl (C=O) groups excluding carboxylic acids is 2. The summed E-state index contributed by atoms with van der Waals surface area (Å²) < 4.78 is 0. The van der Waals surface area contributed by atoms with Gasteiger partial charge in [0.05, 0.1) is 0 Å². The Labute approximate surface area is 129 Å². The first kappa shape index (κ1) is 17.7. The lowest BCUT2D eigenvalue weighted by Crippen LogP contribution is -2.36. The van der Waals surface area contributed by atoms with Crippen LogP contribution in [0.15, 0.2) is 12.2 Å². The highest BCUT2D eigenvalue weighted by atomic mass is 16.2. The Hall–Kier alpha value is -1.32. The van der Waals surface area contributed by atoms with Gasteiger partial charge < -0.3 is 10.2 Å². The minimum absolute atomic E-state index is 0.0154. The van der Waals surface area contributed by atoms with Crippen LogP contribution >= 0.6 is 0 Å². The van der Waals surface area contributed by atoms with Crippen LogP contribution in [0.5, 0.6) is 0 Å². The second kappa shape index (κ2) is 9.59. The maximum atomic E-state index is 12.1. The molecule has 4 heteroatoms. The number of hydrogen-bond acceptors (Lipinski definition) is 2. The molecule has 1 N–H and O–H groups in total. The summed E-state index contributed by atoms with van der Waals surface area (Å²) in [4.78, 5) is 25.8. The zero-order valence-corrected chi connectivity index (χ0v) is 13.6. The number of hydrogen-bond donors (Lipinski definition) is 1. The first-order chi connectivity index (χ1) is 10.0. The Bertz CT molecular complexity index is 358. The monoisotopic (exact) mass is 294 g/mol. The van der Waals surface area contributed by atoms with Gasteiger partial charge in [-0.1, -0.05) is 37.8 Å². The van der Waals surface area contributed by atoms with Crippen LogP contribution in [-0.2, 0) is 9.59 Å². The molecule has 120 valence electrons. The SMILES string of the molecule is C=C(C)CN(CC)C(=O)CCC(=O)NC1CCCCCC1.